The lowest BCUT2D eigenvalue weighted by molar-refractivity contribution is -0.274. The second-order valence-electron chi connectivity index (χ2n) is 5.38. The van der Waals surface area contributed by atoms with E-state index in [1.165, 1.54) is 0 Å². The van der Waals surface area contributed by atoms with Gasteiger partial charge in [-0.15, -0.1) is 13.2 Å². The Hall–Kier alpha value is -1.77. The van der Waals surface area contributed by atoms with Gasteiger partial charge in [-0.05, 0) is 37.1 Å². The Balaban J connectivity index is 2.79. The van der Waals surface area contributed by atoms with Crippen molar-refractivity contribution in [1.29, 1.82) is 0 Å². The fraction of sp³-hybridized carbons (Fsp3) is 0.500. The molecular formula is C14H18F3NO4S. The minimum atomic E-state index is -4.85. The van der Waals surface area contributed by atoms with E-state index in [1.807, 2.05) is 13.8 Å². The fourth-order valence-corrected chi connectivity index (χ4v) is 2.71. The Morgan fingerprint density at radius 1 is 1.17 bits per heavy atom. The monoisotopic (exact) mass is 353 g/mol. The molecule has 9 heteroatoms. The standard InChI is InChI=1S/C14H18F3NO4S/c1-9(2)10(3)18-13(19)8-23(20,21)12-6-4-11(5-7-12)22-14(15,16)17/h4-7,9-10H,8H2,1-3H3,(H,18,19). The summed E-state index contributed by atoms with van der Waals surface area (Å²) in [6.07, 6.45) is -4.85. The van der Waals surface area contributed by atoms with E-state index < -0.39 is 33.6 Å². The first kappa shape index (κ1) is 19.3. The van der Waals surface area contributed by atoms with E-state index in [0.717, 1.165) is 24.3 Å². The van der Waals surface area contributed by atoms with Crippen LogP contribution in [0.15, 0.2) is 29.2 Å². The summed E-state index contributed by atoms with van der Waals surface area (Å²) in [5.74, 6) is -1.83. The highest BCUT2D eigenvalue weighted by Crippen LogP contribution is 2.24. The molecule has 5 nitrogen and oxygen atoms in total. The SMILES string of the molecule is CC(C)C(C)NC(=O)CS(=O)(=O)c1ccc(OC(F)(F)F)cc1. The molecule has 0 aromatic heterocycles. The molecular weight excluding hydrogens is 335 g/mol. The Labute approximate surface area is 132 Å². The first-order valence-corrected chi connectivity index (χ1v) is 8.44. The number of alkyl halides is 3. The van der Waals surface area contributed by atoms with E-state index in [4.69, 9.17) is 0 Å². The van der Waals surface area contributed by atoms with Gasteiger partial charge in [0.15, 0.2) is 9.84 Å². The van der Waals surface area contributed by atoms with Gasteiger partial charge in [0.1, 0.15) is 11.5 Å². The predicted molar refractivity (Wildman–Crippen MR) is 77.6 cm³/mol. The number of ether oxygens (including phenoxy) is 1. The third kappa shape index (κ3) is 6.47. The highest BCUT2D eigenvalue weighted by Gasteiger charge is 2.31. The zero-order valence-corrected chi connectivity index (χ0v) is 13.7. The van der Waals surface area contributed by atoms with Gasteiger partial charge in [0.25, 0.3) is 0 Å². The smallest absolute Gasteiger partial charge is 0.406 e. The Morgan fingerprint density at radius 3 is 2.13 bits per heavy atom. The van der Waals surface area contributed by atoms with Crippen molar-refractivity contribution < 1.29 is 31.1 Å². The van der Waals surface area contributed by atoms with Crippen molar-refractivity contribution in [1.82, 2.24) is 5.32 Å². The Morgan fingerprint density at radius 2 is 1.70 bits per heavy atom. The van der Waals surface area contributed by atoms with Crippen LogP contribution >= 0.6 is 0 Å². The van der Waals surface area contributed by atoms with Crippen molar-refractivity contribution in [2.24, 2.45) is 5.92 Å². The second kappa shape index (κ2) is 7.20. The van der Waals surface area contributed by atoms with Gasteiger partial charge in [0, 0.05) is 6.04 Å². The maximum atomic E-state index is 12.1. The highest BCUT2D eigenvalue weighted by molar-refractivity contribution is 7.92. The number of halogens is 3. The van der Waals surface area contributed by atoms with E-state index in [9.17, 15) is 26.4 Å². The van der Waals surface area contributed by atoms with Gasteiger partial charge < -0.3 is 10.1 Å². The van der Waals surface area contributed by atoms with Crippen LogP contribution in [0, 0.1) is 5.92 Å². The summed E-state index contributed by atoms with van der Waals surface area (Å²) in [5, 5.41) is 2.56. The molecule has 0 radical (unpaired) electrons. The first-order chi connectivity index (χ1) is 10.4. The third-order valence-corrected chi connectivity index (χ3v) is 4.76. The van der Waals surface area contributed by atoms with Gasteiger partial charge in [-0.2, -0.15) is 0 Å². The van der Waals surface area contributed by atoms with Crippen molar-refractivity contribution in [2.45, 2.75) is 38.1 Å². The molecule has 0 saturated heterocycles. The fourth-order valence-electron chi connectivity index (χ4n) is 1.57. The Bertz CT molecular complexity index is 639. The number of carbonyl (C=O) groups is 1. The topological polar surface area (TPSA) is 72.5 Å². The molecule has 0 bridgehead atoms. The summed E-state index contributed by atoms with van der Waals surface area (Å²) in [6.45, 7) is 5.50. The van der Waals surface area contributed by atoms with E-state index in [2.05, 4.69) is 10.1 Å². The Kier molecular flexibility index (Phi) is 6.04. The summed E-state index contributed by atoms with van der Waals surface area (Å²) in [4.78, 5) is 11.5. The van der Waals surface area contributed by atoms with Crippen LogP contribution in [0.4, 0.5) is 13.2 Å². The zero-order chi connectivity index (χ0) is 17.8. The molecule has 0 fully saturated rings. The molecule has 0 saturated carbocycles. The molecule has 1 aromatic rings. The molecule has 0 aliphatic carbocycles. The minimum Gasteiger partial charge on any atom is -0.406 e. The highest BCUT2D eigenvalue weighted by atomic mass is 32.2. The summed E-state index contributed by atoms with van der Waals surface area (Å²) in [6, 6.07) is 3.51. The molecule has 1 aromatic carbocycles. The summed E-state index contributed by atoms with van der Waals surface area (Å²) in [7, 11) is -3.94. The normalized spacial score (nSPS) is 13.7. The van der Waals surface area contributed by atoms with Crippen LogP contribution in [0.5, 0.6) is 5.75 Å². The van der Waals surface area contributed by atoms with Gasteiger partial charge in [-0.3, -0.25) is 4.79 Å². The van der Waals surface area contributed by atoms with Gasteiger partial charge in [0.05, 0.1) is 4.90 Å². The molecule has 1 atom stereocenters. The molecule has 0 spiro atoms. The van der Waals surface area contributed by atoms with E-state index in [-0.39, 0.29) is 16.9 Å². The van der Waals surface area contributed by atoms with Gasteiger partial charge in [0.2, 0.25) is 5.91 Å². The van der Waals surface area contributed by atoms with Crippen LogP contribution in [0.1, 0.15) is 20.8 Å². The van der Waals surface area contributed by atoms with Gasteiger partial charge >= 0.3 is 6.36 Å². The molecule has 1 rings (SSSR count). The zero-order valence-electron chi connectivity index (χ0n) is 12.8. The molecule has 1 N–H and O–H groups in total. The molecule has 23 heavy (non-hydrogen) atoms. The lowest BCUT2D eigenvalue weighted by Crippen LogP contribution is -2.39. The molecule has 130 valence electrons. The van der Waals surface area contributed by atoms with Gasteiger partial charge in [-0.25, -0.2) is 8.42 Å². The number of rotatable bonds is 6. The van der Waals surface area contributed by atoms with Crippen molar-refractivity contribution in [3.63, 3.8) is 0 Å². The lowest BCUT2D eigenvalue weighted by Gasteiger charge is -2.17. The minimum absolute atomic E-state index is 0.139. The number of nitrogens with one attached hydrogen (secondary N) is 1. The number of carbonyl (C=O) groups excluding carboxylic acids is 1. The van der Waals surface area contributed by atoms with Crippen LogP contribution < -0.4 is 10.1 Å². The number of benzene rings is 1. The van der Waals surface area contributed by atoms with Crippen molar-refractivity contribution in [3.8, 4) is 5.75 Å². The molecule has 0 heterocycles. The van der Waals surface area contributed by atoms with Crippen molar-refractivity contribution >= 4 is 15.7 Å². The number of hydrogen-bond donors (Lipinski definition) is 1. The van der Waals surface area contributed by atoms with Crippen molar-refractivity contribution in [2.75, 3.05) is 5.75 Å². The largest absolute Gasteiger partial charge is 0.573 e. The average molecular weight is 353 g/mol. The number of hydrogen-bond acceptors (Lipinski definition) is 4. The van der Waals surface area contributed by atoms with Crippen LogP contribution in [0.3, 0.4) is 0 Å². The summed E-state index contributed by atoms with van der Waals surface area (Å²) in [5.41, 5.74) is 0. The maximum absolute atomic E-state index is 12.1. The third-order valence-electron chi connectivity index (χ3n) is 3.13. The van der Waals surface area contributed by atoms with Crippen LogP contribution in [-0.2, 0) is 14.6 Å². The predicted octanol–water partition coefficient (Wildman–Crippen LogP) is 2.52. The molecule has 0 aliphatic heterocycles. The van der Waals surface area contributed by atoms with Crippen LogP contribution in [0.25, 0.3) is 0 Å². The summed E-state index contributed by atoms with van der Waals surface area (Å²) < 4.78 is 63.9. The second-order valence-corrected chi connectivity index (χ2v) is 7.37. The quantitative estimate of drug-likeness (QED) is 0.853. The molecule has 1 amide bonds. The van der Waals surface area contributed by atoms with Crippen molar-refractivity contribution in [3.05, 3.63) is 24.3 Å². The number of amides is 1. The first-order valence-electron chi connectivity index (χ1n) is 6.78. The van der Waals surface area contributed by atoms with E-state index >= 15 is 0 Å². The average Bonchev–Trinajstić information content (AvgIpc) is 2.36. The van der Waals surface area contributed by atoms with Crippen LogP contribution in [-0.4, -0.2) is 32.5 Å². The van der Waals surface area contributed by atoms with E-state index in [1.54, 1.807) is 6.92 Å². The van der Waals surface area contributed by atoms with E-state index in [0.29, 0.717) is 0 Å². The number of sulfone groups is 1. The maximum Gasteiger partial charge on any atom is 0.573 e. The van der Waals surface area contributed by atoms with Gasteiger partial charge in [-0.1, -0.05) is 13.8 Å². The van der Waals surface area contributed by atoms with Crippen LogP contribution in [0.2, 0.25) is 0 Å². The lowest BCUT2D eigenvalue weighted by atomic mass is 10.1. The summed E-state index contributed by atoms with van der Waals surface area (Å²) >= 11 is 0. The molecule has 0 aliphatic rings. The molecule has 1 unspecified atom stereocenters.